The molecule has 12 heteroatoms. The van der Waals surface area contributed by atoms with Crippen LogP contribution in [0.25, 0.3) is 0 Å². The maximum atomic E-state index is 12.8. The molecule has 0 aliphatic carbocycles. The van der Waals surface area contributed by atoms with Gasteiger partial charge in [-0.1, -0.05) is 46.9 Å². The molecule has 0 saturated heterocycles. The molecule has 0 bridgehead atoms. The highest BCUT2D eigenvalue weighted by molar-refractivity contribution is 6.35. The van der Waals surface area contributed by atoms with Gasteiger partial charge in [0.05, 0.1) is 17.6 Å². The topological polar surface area (TPSA) is 115 Å². The Morgan fingerprint density at radius 2 is 2.00 bits per heavy atom. The molecule has 0 saturated carbocycles. The zero-order valence-corrected chi connectivity index (χ0v) is 20.9. The molecule has 1 atom stereocenters. The van der Waals surface area contributed by atoms with Crippen LogP contribution in [0.2, 0.25) is 15.2 Å². The Bertz CT molecular complexity index is 1180. The second kappa shape index (κ2) is 10.5. The molecule has 0 amide bonds. The number of halogens is 3. The minimum atomic E-state index is -1.20. The molecule has 1 aliphatic rings. The third-order valence-electron chi connectivity index (χ3n) is 5.47. The minimum absolute atomic E-state index is 0.0103. The number of hydrogen-bond donors (Lipinski definition) is 1. The minimum Gasteiger partial charge on any atom is -0.466 e. The number of hydrogen-bond acceptors (Lipinski definition) is 8. The normalized spacial score (nSPS) is 16.1. The highest BCUT2D eigenvalue weighted by atomic mass is 35.5. The van der Waals surface area contributed by atoms with Gasteiger partial charge in [0, 0.05) is 36.4 Å². The van der Waals surface area contributed by atoms with E-state index >= 15 is 0 Å². The molecule has 1 aliphatic heterocycles. The first-order chi connectivity index (χ1) is 16.1. The zero-order valence-electron chi connectivity index (χ0n) is 18.6. The van der Waals surface area contributed by atoms with Crippen LogP contribution in [-0.2, 0) is 16.1 Å². The number of allylic oxidation sites excluding steroid dienone is 1. The van der Waals surface area contributed by atoms with E-state index in [0.717, 1.165) is 5.56 Å². The smallest absolute Gasteiger partial charge is 0.338 e. The van der Waals surface area contributed by atoms with Gasteiger partial charge in [0.15, 0.2) is 5.82 Å². The molecule has 3 rings (SSSR count). The van der Waals surface area contributed by atoms with Gasteiger partial charge in [0.1, 0.15) is 16.9 Å². The summed E-state index contributed by atoms with van der Waals surface area (Å²) in [5.41, 5.74) is 7.10. The Morgan fingerprint density at radius 1 is 1.29 bits per heavy atom. The number of esters is 1. The lowest BCUT2D eigenvalue weighted by Crippen LogP contribution is -2.43. The fourth-order valence-corrected chi connectivity index (χ4v) is 4.50. The summed E-state index contributed by atoms with van der Waals surface area (Å²) < 4.78 is 4.93. The van der Waals surface area contributed by atoms with E-state index in [2.05, 4.69) is 4.98 Å². The van der Waals surface area contributed by atoms with Crippen LogP contribution < -0.4 is 5.73 Å². The van der Waals surface area contributed by atoms with Crippen LogP contribution in [0.4, 0.5) is 0 Å². The summed E-state index contributed by atoms with van der Waals surface area (Å²) in [4.78, 5) is 32.0. The predicted molar refractivity (Wildman–Crippen MR) is 130 cm³/mol. The van der Waals surface area contributed by atoms with E-state index in [1.807, 2.05) is 6.92 Å². The Labute approximate surface area is 211 Å². The van der Waals surface area contributed by atoms with E-state index in [4.69, 9.17) is 45.3 Å². The van der Waals surface area contributed by atoms with Crippen LogP contribution in [0.3, 0.4) is 0 Å². The number of carbonyl (C=O) groups excluding carboxylic acids is 1. The monoisotopic (exact) mass is 525 g/mol. The van der Waals surface area contributed by atoms with Crippen LogP contribution in [0.1, 0.15) is 24.0 Å². The van der Waals surface area contributed by atoms with Crippen LogP contribution in [0.15, 0.2) is 59.4 Å². The number of methoxy groups -OCH3 is 1. The van der Waals surface area contributed by atoms with Crippen molar-refractivity contribution in [2.24, 2.45) is 5.73 Å². The molecule has 0 spiro atoms. The van der Waals surface area contributed by atoms with Crippen LogP contribution in [0, 0.1) is 10.1 Å². The van der Waals surface area contributed by atoms with Gasteiger partial charge in [-0.15, -0.1) is 0 Å². The standard InChI is InChI=1S/C22H22Cl3N5O4/c1-4-29(11-12-5-8-16(25)27-10-12)21-19(30(32)33)17(14-7-6-13(23)9-15(14)24)18(22(31)34-3)20(26)28(21)2/h5-10,17H,4,11,26H2,1-3H3. The summed E-state index contributed by atoms with van der Waals surface area (Å²) in [5.74, 6) is -1.78. The molecule has 34 heavy (non-hydrogen) atoms. The van der Waals surface area contributed by atoms with Gasteiger partial charge in [0.25, 0.3) is 5.70 Å². The van der Waals surface area contributed by atoms with Crippen molar-refractivity contribution in [2.75, 3.05) is 20.7 Å². The Hall–Kier alpha value is -3.01. The molecule has 2 heterocycles. The first-order valence-electron chi connectivity index (χ1n) is 10.1. The summed E-state index contributed by atoms with van der Waals surface area (Å²) >= 11 is 18.4. The third kappa shape index (κ3) is 4.91. The summed E-state index contributed by atoms with van der Waals surface area (Å²) in [5, 5.41) is 13.4. The van der Waals surface area contributed by atoms with Crippen molar-refractivity contribution in [2.45, 2.75) is 19.4 Å². The highest BCUT2D eigenvalue weighted by Crippen LogP contribution is 2.44. The van der Waals surface area contributed by atoms with Gasteiger partial charge in [-0.3, -0.25) is 10.1 Å². The first kappa shape index (κ1) is 25.6. The highest BCUT2D eigenvalue weighted by Gasteiger charge is 2.46. The van der Waals surface area contributed by atoms with E-state index in [9.17, 15) is 14.9 Å². The number of pyridine rings is 1. The third-order valence-corrected chi connectivity index (χ3v) is 6.25. The molecule has 180 valence electrons. The van der Waals surface area contributed by atoms with Gasteiger partial charge in [-0.2, -0.15) is 0 Å². The van der Waals surface area contributed by atoms with Crippen molar-refractivity contribution >= 4 is 40.8 Å². The predicted octanol–water partition coefficient (Wildman–Crippen LogP) is 4.38. The van der Waals surface area contributed by atoms with Crippen LogP contribution >= 0.6 is 34.8 Å². The molecular weight excluding hydrogens is 505 g/mol. The van der Waals surface area contributed by atoms with Crippen molar-refractivity contribution in [1.82, 2.24) is 14.8 Å². The number of aromatic nitrogens is 1. The summed E-state index contributed by atoms with van der Waals surface area (Å²) in [7, 11) is 2.74. The second-order valence-electron chi connectivity index (χ2n) is 7.42. The fourth-order valence-electron chi connectivity index (χ4n) is 3.87. The summed E-state index contributed by atoms with van der Waals surface area (Å²) in [6.07, 6.45) is 1.59. The molecule has 1 aromatic heterocycles. The maximum absolute atomic E-state index is 12.8. The van der Waals surface area contributed by atoms with Crippen molar-refractivity contribution in [3.8, 4) is 0 Å². The molecular formula is C22H22Cl3N5O4. The Kier molecular flexibility index (Phi) is 7.91. The number of nitrogens with zero attached hydrogens (tertiary/aromatic N) is 4. The zero-order chi connectivity index (χ0) is 25.2. The van der Waals surface area contributed by atoms with Crippen molar-refractivity contribution < 1.29 is 14.5 Å². The lowest BCUT2D eigenvalue weighted by Gasteiger charge is -2.38. The Balaban J connectivity index is 2.27. The van der Waals surface area contributed by atoms with E-state index in [1.54, 1.807) is 36.3 Å². The largest absolute Gasteiger partial charge is 0.466 e. The van der Waals surface area contributed by atoms with Crippen LogP contribution in [-0.4, -0.2) is 46.4 Å². The summed E-state index contributed by atoms with van der Waals surface area (Å²) in [6, 6.07) is 7.95. The number of carbonyl (C=O) groups is 1. The SMILES string of the molecule is CCN(Cc1ccc(Cl)nc1)C1=C([N+](=O)[O-])C(c2ccc(Cl)cc2Cl)C(C(=O)OC)=C(N)N1C. The average molecular weight is 527 g/mol. The van der Waals surface area contributed by atoms with Crippen molar-refractivity contribution in [3.63, 3.8) is 0 Å². The van der Waals surface area contributed by atoms with Crippen molar-refractivity contribution in [3.05, 3.63) is 95.9 Å². The number of rotatable bonds is 7. The van der Waals surface area contributed by atoms with Crippen LogP contribution in [0.5, 0.6) is 0 Å². The number of nitrogens with two attached hydrogens (primary N) is 1. The molecule has 0 radical (unpaired) electrons. The lowest BCUT2D eigenvalue weighted by molar-refractivity contribution is -0.433. The average Bonchev–Trinajstić information content (AvgIpc) is 2.80. The molecule has 2 aromatic rings. The van der Waals surface area contributed by atoms with Crippen molar-refractivity contribution in [1.29, 1.82) is 0 Å². The van der Waals surface area contributed by atoms with Gasteiger partial charge in [-0.25, -0.2) is 9.78 Å². The maximum Gasteiger partial charge on any atom is 0.338 e. The number of benzene rings is 1. The van der Waals surface area contributed by atoms with Gasteiger partial charge < -0.3 is 20.3 Å². The van der Waals surface area contributed by atoms with E-state index in [1.165, 1.54) is 24.1 Å². The van der Waals surface area contributed by atoms with Gasteiger partial charge in [0.2, 0.25) is 0 Å². The fraction of sp³-hybridized carbons (Fsp3) is 0.273. The van der Waals surface area contributed by atoms with Gasteiger partial charge >= 0.3 is 5.97 Å². The lowest BCUT2D eigenvalue weighted by atomic mass is 9.85. The van der Waals surface area contributed by atoms with E-state index in [0.29, 0.717) is 22.3 Å². The molecule has 0 fully saturated rings. The Morgan fingerprint density at radius 3 is 2.53 bits per heavy atom. The number of nitro groups is 1. The van der Waals surface area contributed by atoms with E-state index in [-0.39, 0.29) is 34.5 Å². The molecule has 1 aromatic carbocycles. The van der Waals surface area contributed by atoms with E-state index < -0.39 is 16.8 Å². The van der Waals surface area contributed by atoms with Gasteiger partial charge in [-0.05, 0) is 36.2 Å². The first-order valence-corrected chi connectivity index (χ1v) is 11.2. The number of ether oxygens (including phenoxy) is 1. The quantitative estimate of drug-likeness (QED) is 0.245. The molecule has 1 unspecified atom stereocenters. The molecule has 9 nitrogen and oxygen atoms in total. The molecule has 2 N–H and O–H groups in total. The summed E-state index contributed by atoms with van der Waals surface area (Å²) in [6.45, 7) is 2.52. The second-order valence-corrected chi connectivity index (χ2v) is 8.65.